The summed E-state index contributed by atoms with van der Waals surface area (Å²) in [5, 5.41) is 10.6. The number of methoxy groups -OCH3 is 5. The maximum absolute atomic E-state index is 12.9. The summed E-state index contributed by atoms with van der Waals surface area (Å²) in [6.45, 7) is 0. The topological polar surface area (TPSA) is 96.6 Å². The Hall–Kier alpha value is -3.55. The van der Waals surface area contributed by atoms with Gasteiger partial charge in [-0.05, 0) is 18.2 Å². The van der Waals surface area contributed by atoms with Gasteiger partial charge in [0.2, 0.25) is 16.9 Å². The highest BCUT2D eigenvalue weighted by Crippen LogP contribution is 2.44. The molecule has 28 heavy (non-hydrogen) atoms. The van der Waals surface area contributed by atoms with Gasteiger partial charge in [-0.15, -0.1) is 0 Å². The summed E-state index contributed by atoms with van der Waals surface area (Å²) in [7, 11) is 7.26. The van der Waals surface area contributed by atoms with Gasteiger partial charge in [0.1, 0.15) is 11.0 Å². The van der Waals surface area contributed by atoms with Crippen molar-refractivity contribution in [2.24, 2.45) is 0 Å². The smallest absolute Gasteiger partial charge is 0.238 e. The first-order valence-corrected chi connectivity index (χ1v) is 8.21. The van der Waals surface area contributed by atoms with Gasteiger partial charge in [-0.25, -0.2) is 0 Å². The molecule has 0 spiro atoms. The first kappa shape index (κ1) is 19.2. The van der Waals surface area contributed by atoms with Crippen LogP contribution in [0.2, 0.25) is 0 Å². The van der Waals surface area contributed by atoms with E-state index in [1.165, 1.54) is 41.6 Å². The SMILES string of the molecule is COc1ccc(-c2oc3cc(OC)c(OC)c(OC)c3c(=O)c2O)cc1OC. The van der Waals surface area contributed by atoms with Crippen LogP contribution in [-0.2, 0) is 0 Å². The molecule has 0 amide bonds. The zero-order valence-electron chi connectivity index (χ0n) is 16.1. The van der Waals surface area contributed by atoms with E-state index < -0.39 is 11.2 Å². The van der Waals surface area contributed by atoms with Crippen LogP contribution in [-0.4, -0.2) is 40.7 Å². The van der Waals surface area contributed by atoms with E-state index >= 15 is 0 Å². The molecule has 1 heterocycles. The predicted octanol–water partition coefficient (Wildman–Crippen LogP) is 3.21. The molecule has 0 saturated heterocycles. The van der Waals surface area contributed by atoms with Crippen molar-refractivity contribution in [2.75, 3.05) is 35.5 Å². The van der Waals surface area contributed by atoms with Gasteiger partial charge in [0.25, 0.3) is 0 Å². The van der Waals surface area contributed by atoms with Crippen LogP contribution in [0.1, 0.15) is 0 Å². The van der Waals surface area contributed by atoms with Crippen molar-refractivity contribution in [3.63, 3.8) is 0 Å². The van der Waals surface area contributed by atoms with Gasteiger partial charge in [0.05, 0.1) is 35.5 Å². The standard InChI is InChI=1S/C20H20O8/c1-23-11-7-6-10(8-12(11)24-2)18-17(22)16(21)15-13(28-18)9-14(25-3)19(26-4)20(15)27-5/h6-9,22H,1-5H3. The van der Waals surface area contributed by atoms with E-state index in [9.17, 15) is 9.90 Å². The summed E-state index contributed by atoms with van der Waals surface area (Å²) in [4.78, 5) is 12.9. The average molecular weight is 388 g/mol. The van der Waals surface area contributed by atoms with Gasteiger partial charge >= 0.3 is 0 Å². The van der Waals surface area contributed by atoms with E-state index in [2.05, 4.69) is 0 Å². The molecule has 0 aliphatic heterocycles. The maximum atomic E-state index is 12.9. The van der Waals surface area contributed by atoms with Crippen LogP contribution in [0.5, 0.6) is 34.5 Å². The summed E-state index contributed by atoms with van der Waals surface area (Å²) in [5.41, 5.74) is -0.0613. The monoisotopic (exact) mass is 388 g/mol. The Morgan fingerprint density at radius 2 is 1.43 bits per heavy atom. The molecule has 0 fully saturated rings. The second kappa shape index (κ2) is 7.59. The molecule has 0 saturated carbocycles. The van der Waals surface area contributed by atoms with Crippen LogP contribution in [0.25, 0.3) is 22.3 Å². The van der Waals surface area contributed by atoms with Crippen LogP contribution in [0.4, 0.5) is 0 Å². The largest absolute Gasteiger partial charge is 0.502 e. The molecule has 0 unspecified atom stereocenters. The van der Waals surface area contributed by atoms with Gasteiger partial charge in [0.15, 0.2) is 28.8 Å². The Morgan fingerprint density at radius 3 is 2.00 bits per heavy atom. The minimum Gasteiger partial charge on any atom is -0.502 e. The lowest BCUT2D eigenvalue weighted by molar-refractivity contribution is 0.326. The van der Waals surface area contributed by atoms with Gasteiger partial charge < -0.3 is 33.2 Å². The Bertz CT molecular complexity index is 1080. The molecule has 0 radical (unpaired) electrons. The first-order valence-electron chi connectivity index (χ1n) is 8.21. The fourth-order valence-electron chi connectivity index (χ4n) is 2.98. The fraction of sp³-hybridized carbons (Fsp3) is 0.250. The highest BCUT2D eigenvalue weighted by Gasteiger charge is 2.24. The van der Waals surface area contributed by atoms with Gasteiger partial charge in [0, 0.05) is 11.6 Å². The van der Waals surface area contributed by atoms with Gasteiger partial charge in [-0.1, -0.05) is 0 Å². The molecule has 0 aliphatic carbocycles. The summed E-state index contributed by atoms with van der Waals surface area (Å²) >= 11 is 0. The molecule has 8 heteroatoms. The Kier molecular flexibility index (Phi) is 5.21. The van der Waals surface area contributed by atoms with E-state index in [0.29, 0.717) is 22.8 Å². The molecule has 148 valence electrons. The molecule has 3 rings (SSSR count). The molecule has 8 nitrogen and oxygen atoms in total. The van der Waals surface area contributed by atoms with Crippen molar-refractivity contribution in [3.05, 3.63) is 34.5 Å². The lowest BCUT2D eigenvalue weighted by Gasteiger charge is -2.15. The molecular formula is C20H20O8. The maximum Gasteiger partial charge on any atom is 0.238 e. The molecule has 1 N–H and O–H groups in total. The lowest BCUT2D eigenvalue weighted by atomic mass is 10.1. The number of hydrogen-bond acceptors (Lipinski definition) is 8. The number of fused-ring (bicyclic) bond motifs is 1. The second-order valence-corrected chi connectivity index (χ2v) is 5.70. The zero-order chi connectivity index (χ0) is 20.4. The van der Waals surface area contributed by atoms with Crippen LogP contribution >= 0.6 is 0 Å². The molecule has 1 aromatic heterocycles. The zero-order valence-corrected chi connectivity index (χ0v) is 16.1. The van der Waals surface area contributed by atoms with Crippen molar-refractivity contribution in [1.29, 1.82) is 0 Å². The van der Waals surface area contributed by atoms with Crippen molar-refractivity contribution in [2.45, 2.75) is 0 Å². The third-order valence-corrected chi connectivity index (χ3v) is 4.31. The predicted molar refractivity (Wildman–Crippen MR) is 102 cm³/mol. The molecule has 0 atom stereocenters. The molecule has 0 bridgehead atoms. The highest BCUT2D eigenvalue weighted by molar-refractivity contribution is 5.91. The van der Waals surface area contributed by atoms with Gasteiger partial charge in [-0.2, -0.15) is 0 Å². The Labute approximate surface area is 160 Å². The summed E-state index contributed by atoms with van der Waals surface area (Å²) < 4.78 is 32.3. The van der Waals surface area contributed by atoms with Crippen LogP contribution in [0, 0.1) is 0 Å². The number of hydrogen-bond donors (Lipinski definition) is 1. The average Bonchev–Trinajstić information content (AvgIpc) is 2.73. The van der Waals surface area contributed by atoms with Gasteiger partial charge in [-0.3, -0.25) is 4.79 Å². The van der Waals surface area contributed by atoms with E-state index in [4.69, 9.17) is 28.1 Å². The molecule has 3 aromatic rings. The van der Waals surface area contributed by atoms with Crippen molar-refractivity contribution >= 4 is 11.0 Å². The van der Waals surface area contributed by atoms with E-state index in [-0.39, 0.29) is 28.2 Å². The fourth-order valence-corrected chi connectivity index (χ4v) is 2.98. The molecule has 2 aromatic carbocycles. The van der Waals surface area contributed by atoms with Crippen LogP contribution in [0.3, 0.4) is 0 Å². The number of benzene rings is 2. The molecular weight excluding hydrogens is 368 g/mol. The quantitative estimate of drug-likeness (QED) is 0.688. The summed E-state index contributed by atoms with van der Waals surface area (Å²) in [5.74, 6) is 0.994. The minimum absolute atomic E-state index is 0.0206. The van der Waals surface area contributed by atoms with Crippen LogP contribution < -0.4 is 29.1 Å². The number of aromatic hydroxyl groups is 1. The number of rotatable bonds is 6. The lowest BCUT2D eigenvalue weighted by Crippen LogP contribution is -2.06. The van der Waals surface area contributed by atoms with Crippen molar-refractivity contribution in [1.82, 2.24) is 0 Å². The number of ether oxygens (including phenoxy) is 5. The van der Waals surface area contributed by atoms with Crippen molar-refractivity contribution < 1.29 is 33.2 Å². The van der Waals surface area contributed by atoms with E-state index in [0.717, 1.165) is 0 Å². The third kappa shape index (κ3) is 2.92. The summed E-state index contributed by atoms with van der Waals surface area (Å²) in [6, 6.07) is 6.39. The first-order chi connectivity index (χ1) is 13.5. The second-order valence-electron chi connectivity index (χ2n) is 5.70. The third-order valence-electron chi connectivity index (χ3n) is 4.31. The minimum atomic E-state index is -0.663. The Balaban J connectivity index is 2.36. The van der Waals surface area contributed by atoms with Crippen molar-refractivity contribution in [3.8, 4) is 45.8 Å². The normalized spacial score (nSPS) is 10.6. The van der Waals surface area contributed by atoms with Crippen LogP contribution in [0.15, 0.2) is 33.5 Å². The van der Waals surface area contributed by atoms with E-state index in [1.54, 1.807) is 18.2 Å². The molecule has 0 aliphatic rings. The summed E-state index contributed by atoms with van der Waals surface area (Å²) in [6.07, 6.45) is 0. The highest BCUT2D eigenvalue weighted by atomic mass is 16.5. The van der Waals surface area contributed by atoms with E-state index in [1.807, 2.05) is 0 Å². The Morgan fingerprint density at radius 1 is 0.786 bits per heavy atom.